The van der Waals surface area contributed by atoms with Crippen molar-refractivity contribution in [1.29, 1.82) is 0 Å². The molecule has 0 aliphatic heterocycles. The van der Waals surface area contributed by atoms with Crippen LogP contribution in [0.2, 0.25) is 0 Å². The third-order valence-corrected chi connectivity index (χ3v) is 10.5. The summed E-state index contributed by atoms with van der Waals surface area (Å²) >= 11 is 1.42. The predicted molar refractivity (Wildman–Crippen MR) is 239 cm³/mol. The van der Waals surface area contributed by atoms with Crippen LogP contribution in [0.5, 0.6) is 0 Å². The number of esters is 1. The third-order valence-electron chi connectivity index (χ3n) is 9.84. The molecule has 0 unspecified atom stereocenters. The molecule has 0 saturated heterocycles. The van der Waals surface area contributed by atoms with Crippen LogP contribution in [-0.2, 0) is 52.7 Å². The Labute approximate surface area is 384 Å². The lowest BCUT2D eigenvalue weighted by atomic mass is 9.98. The predicted octanol–water partition coefficient (Wildman–Crippen LogP) is -1.61. The van der Waals surface area contributed by atoms with E-state index >= 15 is 0 Å². The average Bonchev–Trinajstić information content (AvgIpc) is 3.17. The summed E-state index contributed by atoms with van der Waals surface area (Å²) in [4.78, 5) is 127. The quantitative estimate of drug-likeness (QED) is 0.0329. The normalized spacial score (nSPS) is 15.6. The summed E-state index contributed by atoms with van der Waals surface area (Å²) in [7, 11) is 0. The molecular weight excluding hydrogens is 875 g/mol. The van der Waals surface area contributed by atoms with E-state index in [9.17, 15) is 53.1 Å². The van der Waals surface area contributed by atoms with Gasteiger partial charge in [-0.3, -0.25) is 43.2 Å². The maximum Gasteiger partial charge on any atom is 0.329 e. The summed E-state index contributed by atoms with van der Waals surface area (Å²) in [6.45, 7) is 13.5. The van der Waals surface area contributed by atoms with Crippen molar-refractivity contribution in [2.24, 2.45) is 40.9 Å². The largest absolute Gasteiger partial charge is 0.481 e. The Kier molecular flexibility index (Phi) is 27.8. The molecule has 0 rings (SSSR count). The third kappa shape index (κ3) is 24.2. The molecule has 0 bridgehead atoms. The molecule has 0 fully saturated rings. The first-order valence-corrected chi connectivity index (χ1v) is 22.9. The number of nitrogens with two attached hydrogens (primary N) is 3. The number of hydrogen-bond donors (Lipinski definition) is 12. The Hall–Kier alpha value is -5.07. The second-order valence-electron chi connectivity index (χ2n) is 17.4. The minimum absolute atomic E-state index is 0.0145. The van der Waals surface area contributed by atoms with E-state index in [1.807, 2.05) is 20.1 Å². The van der Waals surface area contributed by atoms with Crippen LogP contribution < -0.4 is 49.1 Å². The Morgan fingerprint density at radius 2 is 1.03 bits per heavy atom. The van der Waals surface area contributed by atoms with Crippen molar-refractivity contribution in [3.63, 3.8) is 0 Å². The van der Waals surface area contributed by atoms with Crippen molar-refractivity contribution in [3.05, 3.63) is 0 Å². The second-order valence-corrected chi connectivity index (χ2v) is 18.4. The zero-order chi connectivity index (χ0) is 50.3. The summed E-state index contributed by atoms with van der Waals surface area (Å²) in [6, 6.07) is -10.2. The molecule has 372 valence electrons. The number of thioether (sulfide) groups is 1. The Balaban J connectivity index is 6.45. The van der Waals surface area contributed by atoms with Gasteiger partial charge in [0.2, 0.25) is 35.4 Å². The van der Waals surface area contributed by atoms with Crippen molar-refractivity contribution in [3.8, 4) is 0 Å². The van der Waals surface area contributed by atoms with E-state index in [0.717, 1.165) is 0 Å². The number of carboxylic acid groups (broad SMARTS) is 3. The highest BCUT2D eigenvalue weighted by molar-refractivity contribution is 7.98. The lowest BCUT2D eigenvalue weighted by Gasteiger charge is -2.31. The number of rotatable bonds is 33. The van der Waals surface area contributed by atoms with Crippen molar-refractivity contribution in [2.45, 2.75) is 155 Å². The van der Waals surface area contributed by atoms with Crippen LogP contribution in [0.25, 0.3) is 0 Å². The first kappa shape index (κ1) is 59.9. The molecular formula is C41H73N9O14S. The van der Waals surface area contributed by atoms with E-state index < -0.39 is 145 Å². The van der Waals surface area contributed by atoms with Crippen LogP contribution in [0.4, 0.5) is 0 Å². The van der Waals surface area contributed by atoms with E-state index in [1.54, 1.807) is 41.5 Å². The Morgan fingerprint density at radius 3 is 1.48 bits per heavy atom. The van der Waals surface area contributed by atoms with Crippen LogP contribution in [0, 0.1) is 23.7 Å². The van der Waals surface area contributed by atoms with Crippen LogP contribution in [0.15, 0.2) is 0 Å². The molecule has 0 aromatic heterocycles. The Morgan fingerprint density at radius 1 is 0.569 bits per heavy atom. The molecule has 0 heterocycles. The van der Waals surface area contributed by atoms with E-state index in [1.165, 1.54) is 11.8 Å². The van der Waals surface area contributed by atoms with Gasteiger partial charge in [0.15, 0.2) is 0 Å². The van der Waals surface area contributed by atoms with Crippen LogP contribution >= 0.6 is 11.8 Å². The van der Waals surface area contributed by atoms with Crippen molar-refractivity contribution in [1.82, 2.24) is 31.9 Å². The molecule has 0 aromatic carbocycles. The highest BCUT2D eigenvalue weighted by Gasteiger charge is 2.36. The van der Waals surface area contributed by atoms with Gasteiger partial charge in [-0.2, -0.15) is 11.8 Å². The Bertz CT molecular complexity index is 1630. The molecule has 6 amide bonds. The van der Waals surface area contributed by atoms with Crippen LogP contribution in [-0.4, -0.2) is 148 Å². The average molecular weight is 948 g/mol. The molecule has 0 saturated carbocycles. The number of carbonyl (C=O) groups excluding carboxylic acids is 7. The standard InChI is InChI=1S/C41H73N9O14S/c1-19(2)14-24(43)29(64-41(63)28(17-32(55)56)48-40(62)33(21(5)6)49-36(58)23(42)10-11-30(51)52)18-45-25(12-13-65-9)37(59)50-34(22(7)8)39(61)47-27(15-20(3)4)38(60)46-26(35(44)57)16-31(53)54/h19-29,33-34,45H,10-18,42-43H2,1-9H3,(H2,44,57)(H,46,60)(H,47,61)(H,48,62)(H,49,58)(H,50,59)(H,51,52)(H,53,54)(H,55,56)/t23-,24-,25-,26-,27-,28-,29-,33-,34-/m0/s1. The minimum atomic E-state index is -1.77. The van der Waals surface area contributed by atoms with Gasteiger partial charge in [0, 0.05) is 19.0 Å². The topological polar surface area (TPSA) is 391 Å². The summed E-state index contributed by atoms with van der Waals surface area (Å²) < 4.78 is 5.78. The molecule has 24 heteroatoms. The van der Waals surface area contributed by atoms with Gasteiger partial charge in [-0.15, -0.1) is 0 Å². The summed E-state index contributed by atoms with van der Waals surface area (Å²) in [5.41, 5.74) is 17.6. The lowest BCUT2D eigenvalue weighted by molar-refractivity contribution is -0.157. The fraction of sp³-hybridized carbons (Fsp3) is 0.756. The van der Waals surface area contributed by atoms with Gasteiger partial charge < -0.3 is 69.2 Å². The van der Waals surface area contributed by atoms with Gasteiger partial charge in [-0.05, 0) is 61.4 Å². The highest BCUT2D eigenvalue weighted by atomic mass is 32.2. The maximum atomic E-state index is 14.0. The molecule has 9 atom stereocenters. The van der Waals surface area contributed by atoms with Gasteiger partial charge >= 0.3 is 23.9 Å². The minimum Gasteiger partial charge on any atom is -0.481 e. The number of hydrogen-bond acceptors (Lipinski definition) is 15. The zero-order valence-corrected chi connectivity index (χ0v) is 39.7. The van der Waals surface area contributed by atoms with E-state index in [-0.39, 0.29) is 37.6 Å². The highest BCUT2D eigenvalue weighted by Crippen LogP contribution is 2.14. The molecule has 15 N–H and O–H groups in total. The number of aliphatic carboxylic acids is 3. The molecule has 0 aromatic rings. The fourth-order valence-corrected chi connectivity index (χ4v) is 6.76. The van der Waals surface area contributed by atoms with E-state index in [2.05, 4.69) is 31.9 Å². The van der Waals surface area contributed by atoms with Gasteiger partial charge in [0.25, 0.3) is 0 Å². The van der Waals surface area contributed by atoms with Gasteiger partial charge in [0.1, 0.15) is 36.3 Å². The molecule has 0 spiro atoms. The molecule has 23 nitrogen and oxygen atoms in total. The first-order chi connectivity index (χ1) is 30.1. The first-order valence-electron chi connectivity index (χ1n) is 21.5. The monoisotopic (exact) mass is 947 g/mol. The lowest BCUT2D eigenvalue weighted by Crippen LogP contribution is -2.60. The second kappa shape index (κ2) is 30.2. The summed E-state index contributed by atoms with van der Waals surface area (Å²) in [5.74, 6) is -11.2. The van der Waals surface area contributed by atoms with Crippen molar-refractivity contribution in [2.75, 3.05) is 18.6 Å². The smallest absolute Gasteiger partial charge is 0.329 e. The summed E-state index contributed by atoms with van der Waals surface area (Å²) in [6.07, 6.45) is -1.13. The number of primary amides is 1. The zero-order valence-electron chi connectivity index (χ0n) is 38.8. The van der Waals surface area contributed by atoms with Crippen molar-refractivity contribution < 1.29 is 68.0 Å². The van der Waals surface area contributed by atoms with Crippen LogP contribution in [0.3, 0.4) is 0 Å². The molecule has 65 heavy (non-hydrogen) atoms. The molecule has 0 aliphatic carbocycles. The fourth-order valence-electron chi connectivity index (χ4n) is 6.29. The van der Waals surface area contributed by atoms with E-state index in [4.69, 9.17) is 32.2 Å². The number of ether oxygens (including phenoxy) is 1. The molecule has 0 radical (unpaired) electrons. The number of carbonyl (C=O) groups is 10. The number of carboxylic acids is 3. The van der Waals surface area contributed by atoms with Gasteiger partial charge in [-0.25, -0.2) is 4.79 Å². The van der Waals surface area contributed by atoms with Crippen LogP contribution in [0.1, 0.15) is 100 Å². The number of amides is 6. The van der Waals surface area contributed by atoms with Gasteiger partial charge in [-0.1, -0.05) is 55.4 Å². The summed E-state index contributed by atoms with van der Waals surface area (Å²) in [5, 5.41) is 43.2. The van der Waals surface area contributed by atoms with Gasteiger partial charge in [0.05, 0.1) is 24.9 Å². The number of nitrogens with one attached hydrogen (secondary N) is 6. The van der Waals surface area contributed by atoms with Crippen molar-refractivity contribution >= 4 is 71.1 Å². The maximum absolute atomic E-state index is 14.0. The SMILES string of the molecule is CSCC[C@H](NC[C@H](OC(=O)[C@H](CC(=O)O)NC(=O)[C@@H](NC(=O)[C@@H](N)CCC(=O)O)C(C)C)[C@@H](N)CC(C)C)C(=O)N[C@H](C(=O)N[C@@H](CC(C)C)C(=O)N[C@@H](CC(=O)O)C(N)=O)C(C)C. The van der Waals surface area contributed by atoms with E-state index in [0.29, 0.717) is 12.2 Å². The molecule has 0 aliphatic rings.